The lowest BCUT2D eigenvalue weighted by molar-refractivity contribution is -0.0384. The normalized spacial score (nSPS) is 29.6. The number of nitrogens with zero attached hydrogens (tertiary/aromatic N) is 1. The zero-order chi connectivity index (χ0) is 16.4. The van der Waals surface area contributed by atoms with Gasteiger partial charge in [-0.15, -0.1) is 0 Å². The van der Waals surface area contributed by atoms with E-state index in [4.69, 9.17) is 4.74 Å². The van der Waals surface area contributed by atoms with Gasteiger partial charge in [-0.05, 0) is 49.3 Å². The van der Waals surface area contributed by atoms with E-state index in [9.17, 15) is 0 Å². The molecule has 2 heteroatoms. The molecule has 0 radical (unpaired) electrons. The highest BCUT2D eigenvalue weighted by Gasteiger charge is 2.40. The standard InChI is InChI=1S/C22H27NO/c1-23(15-17-8-4-2-5-9-17)21-12-19-14-22(24-16-20(19)13-21)18-10-6-3-7-11-18/h2-11,19-22H,12-16H2,1H3/t19-,20+,21-,22-/m0/s1. The minimum absolute atomic E-state index is 0.297. The van der Waals surface area contributed by atoms with Crippen molar-refractivity contribution < 1.29 is 4.74 Å². The molecule has 1 saturated carbocycles. The molecule has 0 N–H and O–H groups in total. The van der Waals surface area contributed by atoms with Crippen molar-refractivity contribution in [2.24, 2.45) is 11.8 Å². The van der Waals surface area contributed by atoms with E-state index in [1.807, 2.05) is 0 Å². The number of rotatable bonds is 4. The van der Waals surface area contributed by atoms with Gasteiger partial charge < -0.3 is 4.74 Å². The molecule has 126 valence electrons. The fraction of sp³-hybridized carbons (Fsp3) is 0.455. The molecule has 4 rings (SSSR count). The SMILES string of the molecule is CN(Cc1ccccc1)[C@@H]1C[C@@H]2CO[C@H](c3ccccc3)C[C@@H]2C1. The van der Waals surface area contributed by atoms with Crippen LogP contribution in [0.2, 0.25) is 0 Å². The van der Waals surface area contributed by atoms with Crippen LogP contribution in [0.5, 0.6) is 0 Å². The summed E-state index contributed by atoms with van der Waals surface area (Å²) in [5, 5.41) is 0. The van der Waals surface area contributed by atoms with E-state index < -0.39 is 0 Å². The molecule has 2 aliphatic rings. The molecule has 2 aromatic rings. The molecule has 24 heavy (non-hydrogen) atoms. The van der Waals surface area contributed by atoms with Crippen LogP contribution in [0.3, 0.4) is 0 Å². The first-order valence-corrected chi connectivity index (χ1v) is 9.20. The van der Waals surface area contributed by atoms with Crippen molar-refractivity contribution in [1.82, 2.24) is 4.90 Å². The number of hydrogen-bond donors (Lipinski definition) is 0. The Morgan fingerprint density at radius 1 is 0.875 bits per heavy atom. The maximum absolute atomic E-state index is 6.21. The topological polar surface area (TPSA) is 12.5 Å². The van der Waals surface area contributed by atoms with Crippen LogP contribution in [-0.2, 0) is 11.3 Å². The van der Waals surface area contributed by atoms with Crippen LogP contribution in [0.25, 0.3) is 0 Å². The third-order valence-corrected chi connectivity index (χ3v) is 5.91. The van der Waals surface area contributed by atoms with E-state index in [2.05, 4.69) is 72.6 Å². The Kier molecular flexibility index (Phi) is 4.68. The van der Waals surface area contributed by atoms with Gasteiger partial charge >= 0.3 is 0 Å². The fourth-order valence-electron chi connectivity index (χ4n) is 4.52. The Bertz CT molecular complexity index is 642. The maximum atomic E-state index is 6.21. The summed E-state index contributed by atoms with van der Waals surface area (Å²) < 4.78 is 6.21. The molecular weight excluding hydrogens is 294 g/mol. The second kappa shape index (κ2) is 7.08. The molecule has 1 heterocycles. The number of benzene rings is 2. The van der Waals surface area contributed by atoms with Crippen LogP contribution < -0.4 is 0 Å². The Morgan fingerprint density at radius 2 is 1.54 bits per heavy atom. The van der Waals surface area contributed by atoms with Gasteiger partial charge in [0.15, 0.2) is 0 Å². The zero-order valence-electron chi connectivity index (χ0n) is 14.5. The molecule has 2 aromatic carbocycles. The van der Waals surface area contributed by atoms with Gasteiger partial charge in [-0.1, -0.05) is 60.7 Å². The first-order valence-electron chi connectivity index (χ1n) is 9.20. The largest absolute Gasteiger partial charge is 0.373 e. The molecule has 1 aliphatic carbocycles. The lowest BCUT2D eigenvalue weighted by Crippen LogP contribution is -2.29. The molecular formula is C22H27NO. The Labute approximate surface area is 145 Å². The number of ether oxygens (including phenoxy) is 1. The second-order valence-corrected chi connectivity index (χ2v) is 7.51. The van der Waals surface area contributed by atoms with Crippen LogP contribution in [0.1, 0.15) is 36.5 Å². The van der Waals surface area contributed by atoms with Gasteiger partial charge in [-0.25, -0.2) is 0 Å². The van der Waals surface area contributed by atoms with E-state index in [0.717, 1.165) is 25.0 Å². The molecule has 1 saturated heterocycles. The first-order chi connectivity index (χ1) is 11.8. The van der Waals surface area contributed by atoms with Gasteiger partial charge in [-0.2, -0.15) is 0 Å². The van der Waals surface area contributed by atoms with E-state index in [0.29, 0.717) is 12.1 Å². The molecule has 0 bridgehead atoms. The quantitative estimate of drug-likeness (QED) is 0.811. The third-order valence-electron chi connectivity index (χ3n) is 5.91. The van der Waals surface area contributed by atoms with Gasteiger partial charge in [-0.3, -0.25) is 4.90 Å². The van der Waals surface area contributed by atoms with Gasteiger partial charge in [0.25, 0.3) is 0 Å². The average molecular weight is 321 g/mol. The summed E-state index contributed by atoms with van der Waals surface area (Å²) in [6.45, 7) is 1.98. The number of fused-ring (bicyclic) bond motifs is 1. The molecule has 2 fully saturated rings. The monoisotopic (exact) mass is 321 g/mol. The number of hydrogen-bond acceptors (Lipinski definition) is 2. The third kappa shape index (κ3) is 3.40. The highest BCUT2D eigenvalue weighted by atomic mass is 16.5. The Balaban J connectivity index is 1.37. The lowest BCUT2D eigenvalue weighted by atomic mass is 9.86. The summed E-state index contributed by atoms with van der Waals surface area (Å²) in [7, 11) is 2.28. The van der Waals surface area contributed by atoms with Crippen molar-refractivity contribution in [2.75, 3.05) is 13.7 Å². The summed E-state index contributed by atoms with van der Waals surface area (Å²) in [5.74, 6) is 1.56. The van der Waals surface area contributed by atoms with E-state index in [1.165, 1.54) is 30.4 Å². The second-order valence-electron chi connectivity index (χ2n) is 7.51. The summed E-state index contributed by atoms with van der Waals surface area (Å²) in [6, 6.07) is 22.3. The minimum atomic E-state index is 0.297. The van der Waals surface area contributed by atoms with Gasteiger partial charge in [0.1, 0.15) is 0 Å². The van der Waals surface area contributed by atoms with Crippen LogP contribution >= 0.6 is 0 Å². The zero-order valence-corrected chi connectivity index (χ0v) is 14.5. The predicted molar refractivity (Wildman–Crippen MR) is 97.7 cm³/mol. The highest BCUT2D eigenvalue weighted by molar-refractivity contribution is 5.18. The van der Waals surface area contributed by atoms with Crippen molar-refractivity contribution in [3.8, 4) is 0 Å². The van der Waals surface area contributed by atoms with Crippen molar-refractivity contribution in [2.45, 2.75) is 38.0 Å². The molecule has 4 atom stereocenters. The van der Waals surface area contributed by atoms with Crippen LogP contribution in [0.4, 0.5) is 0 Å². The lowest BCUT2D eigenvalue weighted by Gasteiger charge is -2.32. The predicted octanol–water partition coefficient (Wildman–Crippen LogP) is 4.67. The summed E-state index contributed by atoms with van der Waals surface area (Å²) in [6.07, 6.45) is 4.09. The average Bonchev–Trinajstić information content (AvgIpc) is 3.07. The van der Waals surface area contributed by atoms with Crippen LogP contribution in [0.15, 0.2) is 60.7 Å². The van der Waals surface area contributed by atoms with Crippen molar-refractivity contribution in [3.05, 3.63) is 71.8 Å². The summed E-state index contributed by atoms with van der Waals surface area (Å²) in [4.78, 5) is 2.55. The molecule has 0 unspecified atom stereocenters. The Hall–Kier alpha value is -1.64. The van der Waals surface area contributed by atoms with Gasteiger partial charge in [0.05, 0.1) is 12.7 Å². The molecule has 0 aromatic heterocycles. The molecule has 0 spiro atoms. The fourth-order valence-corrected chi connectivity index (χ4v) is 4.52. The van der Waals surface area contributed by atoms with Crippen molar-refractivity contribution in [1.29, 1.82) is 0 Å². The molecule has 0 amide bonds. The molecule has 2 nitrogen and oxygen atoms in total. The van der Waals surface area contributed by atoms with E-state index >= 15 is 0 Å². The van der Waals surface area contributed by atoms with Gasteiger partial charge in [0.2, 0.25) is 0 Å². The maximum Gasteiger partial charge on any atom is 0.0827 e. The Morgan fingerprint density at radius 3 is 2.29 bits per heavy atom. The van der Waals surface area contributed by atoms with E-state index in [1.54, 1.807) is 0 Å². The first kappa shape index (κ1) is 15.9. The van der Waals surface area contributed by atoms with Gasteiger partial charge in [0, 0.05) is 12.6 Å². The minimum Gasteiger partial charge on any atom is -0.373 e. The summed E-state index contributed by atoms with van der Waals surface area (Å²) in [5.41, 5.74) is 2.75. The molecule has 1 aliphatic heterocycles. The van der Waals surface area contributed by atoms with Crippen LogP contribution in [0, 0.1) is 11.8 Å². The van der Waals surface area contributed by atoms with E-state index in [-0.39, 0.29) is 0 Å². The van der Waals surface area contributed by atoms with Crippen molar-refractivity contribution >= 4 is 0 Å². The summed E-state index contributed by atoms with van der Waals surface area (Å²) >= 11 is 0. The highest BCUT2D eigenvalue weighted by Crippen LogP contribution is 2.45. The van der Waals surface area contributed by atoms with Crippen LogP contribution in [-0.4, -0.2) is 24.6 Å². The smallest absolute Gasteiger partial charge is 0.0827 e. The van der Waals surface area contributed by atoms with Crippen molar-refractivity contribution in [3.63, 3.8) is 0 Å².